The van der Waals surface area contributed by atoms with Crippen molar-refractivity contribution >= 4 is 40.3 Å². The maximum absolute atomic E-state index is 12.0. The lowest BCUT2D eigenvalue weighted by atomic mass is 10.1. The predicted molar refractivity (Wildman–Crippen MR) is 82.0 cm³/mol. The smallest absolute Gasteiger partial charge is 0.182 e. The van der Waals surface area contributed by atoms with Crippen molar-refractivity contribution in [1.82, 2.24) is 4.57 Å². The van der Waals surface area contributed by atoms with Gasteiger partial charge in [-0.05, 0) is 39.0 Å². The van der Waals surface area contributed by atoms with Crippen LogP contribution in [-0.4, -0.2) is 15.7 Å². The number of rotatable bonds is 4. The van der Waals surface area contributed by atoms with Crippen LogP contribution in [0.2, 0.25) is 4.34 Å². The molecule has 2 heterocycles. The molecule has 0 saturated carbocycles. The van der Waals surface area contributed by atoms with Gasteiger partial charge in [-0.15, -0.1) is 22.9 Å². The summed E-state index contributed by atoms with van der Waals surface area (Å²) in [4.78, 5) is 13.2. The number of Topliss-reactive ketones (excluding diaryl/α,β-unsaturated/α-hetero) is 1. The number of aromatic nitrogens is 1. The standard InChI is InChI=1S/C14H15Cl2NOS/c1-8-6-12(14(18)9(2)15)10(3)17(8)7-11-4-5-13(16)19-11/h4-6,9H,7H2,1-3H3. The summed E-state index contributed by atoms with van der Waals surface area (Å²) in [6, 6.07) is 5.81. The highest BCUT2D eigenvalue weighted by atomic mass is 35.5. The van der Waals surface area contributed by atoms with Crippen LogP contribution in [0.15, 0.2) is 18.2 Å². The molecule has 0 aliphatic rings. The number of halogens is 2. The molecule has 5 heteroatoms. The van der Waals surface area contributed by atoms with E-state index in [1.807, 2.05) is 32.0 Å². The summed E-state index contributed by atoms with van der Waals surface area (Å²) in [5.74, 6) is -0.0229. The van der Waals surface area contributed by atoms with E-state index in [2.05, 4.69) is 4.57 Å². The second kappa shape index (κ2) is 5.70. The zero-order valence-corrected chi connectivity index (χ0v) is 13.4. The minimum Gasteiger partial charge on any atom is -0.343 e. The Balaban J connectivity index is 2.34. The lowest BCUT2D eigenvalue weighted by Gasteiger charge is -2.08. The minimum absolute atomic E-state index is 0.0229. The maximum Gasteiger partial charge on any atom is 0.182 e. The van der Waals surface area contributed by atoms with E-state index in [4.69, 9.17) is 23.2 Å². The van der Waals surface area contributed by atoms with E-state index in [1.54, 1.807) is 18.3 Å². The predicted octanol–water partition coefficient (Wildman–Crippen LogP) is 4.68. The Bertz CT molecular complexity index is 613. The summed E-state index contributed by atoms with van der Waals surface area (Å²) >= 11 is 13.4. The first-order valence-electron chi connectivity index (χ1n) is 5.99. The highest BCUT2D eigenvalue weighted by Crippen LogP contribution is 2.25. The number of carbonyl (C=O) groups excluding carboxylic acids is 1. The Morgan fingerprint density at radius 2 is 2.11 bits per heavy atom. The van der Waals surface area contributed by atoms with Crippen LogP contribution in [0.25, 0.3) is 0 Å². The number of alkyl halides is 1. The lowest BCUT2D eigenvalue weighted by molar-refractivity contribution is 0.0991. The molecular weight excluding hydrogens is 301 g/mol. The highest BCUT2D eigenvalue weighted by molar-refractivity contribution is 7.16. The summed E-state index contributed by atoms with van der Waals surface area (Å²) in [5, 5.41) is -0.495. The normalized spacial score (nSPS) is 12.7. The molecule has 1 unspecified atom stereocenters. The van der Waals surface area contributed by atoms with Gasteiger partial charge in [-0.25, -0.2) is 0 Å². The van der Waals surface area contributed by atoms with Crippen LogP contribution < -0.4 is 0 Å². The molecule has 0 aliphatic heterocycles. The first-order valence-corrected chi connectivity index (χ1v) is 7.62. The zero-order valence-electron chi connectivity index (χ0n) is 11.0. The Labute approximate surface area is 127 Å². The molecule has 0 aromatic carbocycles. The molecule has 0 bridgehead atoms. The van der Waals surface area contributed by atoms with Gasteiger partial charge in [-0.3, -0.25) is 4.79 Å². The van der Waals surface area contributed by atoms with Crippen LogP contribution in [0.1, 0.15) is 33.5 Å². The van der Waals surface area contributed by atoms with Crippen LogP contribution in [0.4, 0.5) is 0 Å². The number of thiophene rings is 1. The number of hydrogen-bond acceptors (Lipinski definition) is 2. The SMILES string of the molecule is Cc1cc(C(=O)C(C)Cl)c(C)n1Cc1ccc(Cl)s1. The first-order chi connectivity index (χ1) is 8.90. The average molecular weight is 316 g/mol. The van der Waals surface area contributed by atoms with Crippen molar-refractivity contribution in [2.24, 2.45) is 0 Å². The Morgan fingerprint density at radius 1 is 1.42 bits per heavy atom. The topological polar surface area (TPSA) is 22.0 Å². The van der Waals surface area contributed by atoms with Crippen molar-refractivity contribution in [2.45, 2.75) is 32.7 Å². The molecular formula is C14H15Cl2NOS. The van der Waals surface area contributed by atoms with E-state index in [-0.39, 0.29) is 5.78 Å². The van der Waals surface area contributed by atoms with Gasteiger partial charge in [0.1, 0.15) is 0 Å². The first kappa shape index (κ1) is 14.6. The van der Waals surface area contributed by atoms with Crippen LogP contribution in [0, 0.1) is 13.8 Å². The van der Waals surface area contributed by atoms with E-state index in [1.165, 1.54) is 4.88 Å². The van der Waals surface area contributed by atoms with Gasteiger partial charge in [-0.2, -0.15) is 0 Å². The molecule has 0 aliphatic carbocycles. The zero-order chi connectivity index (χ0) is 14.2. The Hall–Kier alpha value is -0.770. The second-order valence-corrected chi connectivity index (χ2v) is 7.01. The third-order valence-corrected chi connectivity index (χ3v) is 4.56. The monoisotopic (exact) mass is 315 g/mol. The summed E-state index contributed by atoms with van der Waals surface area (Å²) in [6.07, 6.45) is 0. The Kier molecular flexibility index (Phi) is 4.39. The van der Waals surface area contributed by atoms with Gasteiger partial charge < -0.3 is 4.57 Å². The van der Waals surface area contributed by atoms with Crippen molar-refractivity contribution in [3.8, 4) is 0 Å². The highest BCUT2D eigenvalue weighted by Gasteiger charge is 2.19. The van der Waals surface area contributed by atoms with Gasteiger partial charge in [-0.1, -0.05) is 11.6 Å². The fourth-order valence-corrected chi connectivity index (χ4v) is 3.29. The van der Waals surface area contributed by atoms with Crippen LogP contribution in [0.5, 0.6) is 0 Å². The molecule has 2 rings (SSSR count). The quantitative estimate of drug-likeness (QED) is 0.593. The van der Waals surface area contributed by atoms with Crippen LogP contribution >= 0.6 is 34.5 Å². The van der Waals surface area contributed by atoms with Crippen LogP contribution in [0.3, 0.4) is 0 Å². The largest absolute Gasteiger partial charge is 0.343 e. The van der Waals surface area contributed by atoms with E-state index in [0.29, 0.717) is 5.56 Å². The molecule has 2 aromatic rings. The summed E-state index contributed by atoms with van der Waals surface area (Å²) in [5.41, 5.74) is 2.73. The van der Waals surface area contributed by atoms with E-state index >= 15 is 0 Å². The molecule has 0 fully saturated rings. The molecule has 0 radical (unpaired) electrons. The van der Waals surface area contributed by atoms with Gasteiger partial charge >= 0.3 is 0 Å². The molecule has 1 atom stereocenters. The van der Waals surface area contributed by atoms with Crippen molar-refractivity contribution in [1.29, 1.82) is 0 Å². The van der Waals surface area contributed by atoms with E-state index < -0.39 is 5.38 Å². The van der Waals surface area contributed by atoms with E-state index in [9.17, 15) is 4.79 Å². The van der Waals surface area contributed by atoms with Gasteiger partial charge in [0.05, 0.1) is 16.3 Å². The van der Waals surface area contributed by atoms with Gasteiger partial charge in [0.25, 0.3) is 0 Å². The number of nitrogens with zero attached hydrogens (tertiary/aromatic N) is 1. The second-order valence-electron chi connectivity index (χ2n) is 4.56. The number of hydrogen-bond donors (Lipinski definition) is 0. The third kappa shape index (κ3) is 3.04. The van der Waals surface area contributed by atoms with Gasteiger partial charge in [0.2, 0.25) is 0 Å². The molecule has 0 N–H and O–H groups in total. The van der Waals surface area contributed by atoms with Crippen molar-refractivity contribution in [3.63, 3.8) is 0 Å². The minimum atomic E-state index is -0.495. The fraction of sp³-hybridized carbons (Fsp3) is 0.357. The number of carbonyl (C=O) groups is 1. The average Bonchev–Trinajstić information content (AvgIpc) is 2.87. The Morgan fingerprint density at radius 3 is 2.63 bits per heavy atom. The fourth-order valence-electron chi connectivity index (χ4n) is 2.10. The molecule has 102 valence electrons. The summed E-state index contributed by atoms with van der Waals surface area (Å²) in [6.45, 7) is 6.39. The lowest BCUT2D eigenvalue weighted by Crippen LogP contribution is -2.12. The van der Waals surface area contributed by atoms with Crippen molar-refractivity contribution in [3.05, 3.63) is 44.4 Å². The molecule has 0 saturated heterocycles. The van der Waals surface area contributed by atoms with Gasteiger partial charge in [0, 0.05) is 21.8 Å². The molecule has 2 nitrogen and oxygen atoms in total. The molecule has 2 aromatic heterocycles. The molecule has 19 heavy (non-hydrogen) atoms. The summed E-state index contributed by atoms with van der Waals surface area (Å²) < 4.78 is 2.90. The number of ketones is 1. The maximum atomic E-state index is 12.0. The van der Waals surface area contributed by atoms with Gasteiger partial charge in [0.15, 0.2) is 5.78 Å². The summed E-state index contributed by atoms with van der Waals surface area (Å²) in [7, 11) is 0. The van der Waals surface area contributed by atoms with Crippen molar-refractivity contribution < 1.29 is 4.79 Å². The van der Waals surface area contributed by atoms with Crippen LogP contribution in [-0.2, 0) is 6.54 Å². The molecule has 0 amide bonds. The molecule has 0 spiro atoms. The number of aryl methyl sites for hydroxylation is 1. The van der Waals surface area contributed by atoms with E-state index in [0.717, 1.165) is 22.3 Å². The van der Waals surface area contributed by atoms with Crippen molar-refractivity contribution in [2.75, 3.05) is 0 Å². The third-order valence-electron chi connectivity index (χ3n) is 3.14.